The summed E-state index contributed by atoms with van der Waals surface area (Å²) in [4.78, 5) is 25.8. The van der Waals surface area contributed by atoms with Crippen molar-refractivity contribution < 1.29 is 14.3 Å². The van der Waals surface area contributed by atoms with E-state index in [4.69, 9.17) is 4.74 Å². The van der Waals surface area contributed by atoms with E-state index < -0.39 is 5.60 Å². The molecule has 7 nitrogen and oxygen atoms in total. The Morgan fingerprint density at radius 1 is 1.33 bits per heavy atom. The first-order valence-corrected chi connectivity index (χ1v) is 8.63. The Bertz CT molecular complexity index is 727. The lowest BCUT2D eigenvalue weighted by Gasteiger charge is -2.40. The van der Waals surface area contributed by atoms with Crippen molar-refractivity contribution in [3.63, 3.8) is 0 Å². The first kappa shape index (κ1) is 16.5. The van der Waals surface area contributed by atoms with Crippen LogP contribution in [0.3, 0.4) is 0 Å². The van der Waals surface area contributed by atoms with Crippen molar-refractivity contribution in [1.82, 2.24) is 14.7 Å². The molecule has 3 heterocycles. The van der Waals surface area contributed by atoms with Crippen molar-refractivity contribution >= 4 is 29.2 Å². The number of rotatable bonds is 3. The van der Waals surface area contributed by atoms with Gasteiger partial charge in [0, 0.05) is 24.5 Å². The lowest BCUT2D eigenvalue weighted by Crippen LogP contribution is -2.52. The molecule has 0 bridgehead atoms. The van der Waals surface area contributed by atoms with Gasteiger partial charge in [0.25, 0.3) is 5.91 Å². The molecule has 0 aliphatic carbocycles. The molecule has 2 aromatic heterocycles. The zero-order valence-electron chi connectivity index (χ0n) is 13.9. The number of carbonyl (C=O) groups is 2. The summed E-state index contributed by atoms with van der Waals surface area (Å²) in [7, 11) is 0. The second-order valence-corrected chi connectivity index (χ2v) is 7.45. The second kappa shape index (κ2) is 6.27. The number of hydrogen-bond acceptors (Lipinski definition) is 5. The summed E-state index contributed by atoms with van der Waals surface area (Å²) in [5.41, 5.74) is 0.116. The second-order valence-electron chi connectivity index (χ2n) is 6.67. The van der Waals surface area contributed by atoms with Crippen molar-refractivity contribution in [3.8, 4) is 0 Å². The van der Waals surface area contributed by atoms with Gasteiger partial charge in [0.2, 0.25) is 0 Å². The van der Waals surface area contributed by atoms with Gasteiger partial charge in [0.05, 0.1) is 17.8 Å². The van der Waals surface area contributed by atoms with Gasteiger partial charge in [-0.1, -0.05) is 0 Å². The molecule has 1 N–H and O–H groups in total. The van der Waals surface area contributed by atoms with Crippen LogP contribution in [0.1, 0.15) is 37.2 Å². The van der Waals surface area contributed by atoms with Crippen LogP contribution in [-0.2, 0) is 4.74 Å². The van der Waals surface area contributed by atoms with E-state index in [1.54, 1.807) is 33.3 Å². The Balaban J connectivity index is 1.59. The first-order chi connectivity index (χ1) is 11.3. The van der Waals surface area contributed by atoms with Crippen molar-refractivity contribution in [2.75, 3.05) is 18.4 Å². The van der Waals surface area contributed by atoms with Crippen LogP contribution in [0, 0.1) is 0 Å². The Morgan fingerprint density at radius 3 is 2.71 bits per heavy atom. The highest BCUT2D eigenvalue weighted by atomic mass is 32.1. The van der Waals surface area contributed by atoms with Gasteiger partial charge in [-0.3, -0.25) is 4.79 Å². The maximum Gasteiger partial charge on any atom is 0.410 e. The number of carbonyl (C=O) groups excluding carboxylic acids is 2. The summed E-state index contributed by atoms with van der Waals surface area (Å²) in [5.74, 6) is 0.460. The number of hydrogen-bond donors (Lipinski definition) is 1. The predicted octanol–water partition coefficient (Wildman–Crippen LogP) is 2.99. The van der Waals surface area contributed by atoms with Crippen LogP contribution in [0.25, 0.3) is 0 Å². The van der Waals surface area contributed by atoms with Gasteiger partial charge < -0.3 is 15.0 Å². The molecule has 3 rings (SSSR count). The molecule has 2 amide bonds. The van der Waals surface area contributed by atoms with E-state index in [1.807, 2.05) is 26.2 Å². The Labute approximate surface area is 144 Å². The van der Waals surface area contributed by atoms with Gasteiger partial charge in [0.15, 0.2) is 0 Å². The third-order valence-electron chi connectivity index (χ3n) is 3.56. The molecule has 0 aromatic carbocycles. The number of anilines is 1. The van der Waals surface area contributed by atoms with Crippen LogP contribution in [-0.4, -0.2) is 45.4 Å². The van der Waals surface area contributed by atoms with Crippen LogP contribution in [0.4, 0.5) is 10.6 Å². The number of nitrogens with zero attached hydrogens (tertiary/aromatic N) is 3. The minimum Gasteiger partial charge on any atom is -0.444 e. The van der Waals surface area contributed by atoms with E-state index in [9.17, 15) is 9.59 Å². The van der Waals surface area contributed by atoms with Crippen LogP contribution < -0.4 is 5.32 Å². The average Bonchev–Trinajstić information content (AvgIpc) is 3.06. The molecule has 0 unspecified atom stereocenters. The Hall–Kier alpha value is -2.35. The molecular weight excluding hydrogens is 328 g/mol. The quantitative estimate of drug-likeness (QED) is 0.925. The van der Waals surface area contributed by atoms with Crippen molar-refractivity contribution in [1.29, 1.82) is 0 Å². The number of amides is 2. The smallest absolute Gasteiger partial charge is 0.410 e. The van der Waals surface area contributed by atoms with E-state index in [2.05, 4.69) is 10.4 Å². The van der Waals surface area contributed by atoms with Gasteiger partial charge >= 0.3 is 6.09 Å². The third-order valence-corrected chi connectivity index (χ3v) is 4.24. The lowest BCUT2D eigenvalue weighted by atomic mass is 10.1. The third kappa shape index (κ3) is 3.59. The monoisotopic (exact) mass is 348 g/mol. The number of aromatic nitrogens is 2. The molecule has 1 aliphatic rings. The molecule has 0 radical (unpaired) electrons. The molecule has 24 heavy (non-hydrogen) atoms. The zero-order valence-corrected chi connectivity index (χ0v) is 14.7. The van der Waals surface area contributed by atoms with Gasteiger partial charge in [-0.05, 0) is 32.2 Å². The highest BCUT2D eigenvalue weighted by Crippen LogP contribution is 2.26. The van der Waals surface area contributed by atoms with E-state index in [1.165, 1.54) is 11.3 Å². The van der Waals surface area contributed by atoms with E-state index in [-0.39, 0.29) is 18.0 Å². The van der Waals surface area contributed by atoms with Gasteiger partial charge in [-0.15, -0.1) is 0 Å². The molecule has 2 aromatic rings. The number of nitrogens with one attached hydrogen (secondary N) is 1. The first-order valence-electron chi connectivity index (χ1n) is 7.68. The van der Waals surface area contributed by atoms with Crippen LogP contribution in [0.15, 0.2) is 29.1 Å². The Morgan fingerprint density at radius 2 is 2.08 bits per heavy atom. The molecule has 0 spiro atoms. The average molecular weight is 348 g/mol. The summed E-state index contributed by atoms with van der Waals surface area (Å²) in [6.07, 6.45) is 1.31. The summed E-state index contributed by atoms with van der Waals surface area (Å²) in [5, 5.41) is 10.8. The molecule has 128 valence electrons. The topological polar surface area (TPSA) is 76.5 Å². The fraction of sp³-hybridized carbons (Fsp3) is 0.438. The minimum atomic E-state index is -0.506. The van der Waals surface area contributed by atoms with Gasteiger partial charge in [0.1, 0.15) is 11.4 Å². The molecule has 0 saturated carbocycles. The van der Waals surface area contributed by atoms with Crippen LogP contribution in [0.5, 0.6) is 0 Å². The molecule has 1 aliphatic heterocycles. The number of ether oxygens (including phenoxy) is 1. The van der Waals surface area contributed by atoms with Crippen LogP contribution >= 0.6 is 11.3 Å². The summed E-state index contributed by atoms with van der Waals surface area (Å²) in [6.45, 7) is 6.55. The predicted molar refractivity (Wildman–Crippen MR) is 91.3 cm³/mol. The number of likely N-dealkylation sites (tertiary alicyclic amines) is 1. The zero-order chi connectivity index (χ0) is 17.3. The fourth-order valence-corrected chi connectivity index (χ4v) is 3.01. The SMILES string of the molecule is CC(C)(C)OC(=O)N1CC(n2nccc2NC(=O)c2ccsc2)C1. The van der Waals surface area contributed by atoms with Crippen molar-refractivity contribution in [3.05, 3.63) is 34.7 Å². The van der Waals surface area contributed by atoms with Crippen molar-refractivity contribution in [2.24, 2.45) is 0 Å². The largest absolute Gasteiger partial charge is 0.444 e. The van der Waals surface area contributed by atoms with E-state index in [0.29, 0.717) is 24.5 Å². The van der Waals surface area contributed by atoms with Gasteiger partial charge in [-0.2, -0.15) is 16.4 Å². The Kier molecular flexibility index (Phi) is 4.31. The highest BCUT2D eigenvalue weighted by Gasteiger charge is 2.36. The molecular formula is C16H20N4O3S. The minimum absolute atomic E-state index is 0.0327. The van der Waals surface area contributed by atoms with E-state index >= 15 is 0 Å². The summed E-state index contributed by atoms with van der Waals surface area (Å²) < 4.78 is 7.08. The lowest BCUT2D eigenvalue weighted by molar-refractivity contribution is -0.000163. The normalized spacial score (nSPS) is 15.0. The van der Waals surface area contributed by atoms with Crippen molar-refractivity contribution in [2.45, 2.75) is 32.4 Å². The number of thiophene rings is 1. The van der Waals surface area contributed by atoms with Crippen LogP contribution in [0.2, 0.25) is 0 Å². The standard InChI is InChI=1S/C16H20N4O3S/c1-16(2,3)23-15(22)19-8-12(9-19)20-13(4-6-17-20)18-14(21)11-5-7-24-10-11/h4-7,10,12H,8-9H2,1-3H3,(H,18,21). The van der Waals surface area contributed by atoms with E-state index in [0.717, 1.165) is 0 Å². The summed E-state index contributed by atoms with van der Waals surface area (Å²) in [6, 6.07) is 3.56. The molecule has 1 fully saturated rings. The maximum absolute atomic E-state index is 12.2. The maximum atomic E-state index is 12.2. The molecule has 0 atom stereocenters. The summed E-state index contributed by atoms with van der Waals surface area (Å²) >= 11 is 1.47. The molecule has 1 saturated heterocycles. The fourth-order valence-electron chi connectivity index (χ4n) is 2.37. The molecule has 8 heteroatoms. The highest BCUT2D eigenvalue weighted by molar-refractivity contribution is 7.08. The van der Waals surface area contributed by atoms with Gasteiger partial charge in [-0.25, -0.2) is 9.48 Å².